The first-order valence-electron chi connectivity index (χ1n) is 8.86. The van der Waals surface area contributed by atoms with Crippen LogP contribution in [0.2, 0.25) is 0 Å². The molecule has 2 aliphatic rings. The number of amides is 1. The summed E-state index contributed by atoms with van der Waals surface area (Å²) in [6.45, 7) is 5.01. The molecule has 2 fully saturated rings. The molecule has 2 aromatic rings. The van der Waals surface area contributed by atoms with Crippen molar-refractivity contribution in [3.63, 3.8) is 0 Å². The van der Waals surface area contributed by atoms with Gasteiger partial charge in [0.15, 0.2) is 0 Å². The van der Waals surface area contributed by atoms with Crippen LogP contribution in [0.4, 0.5) is 5.82 Å². The molecule has 0 aromatic carbocycles. The summed E-state index contributed by atoms with van der Waals surface area (Å²) in [5, 5.41) is 6.74. The molecule has 0 spiro atoms. The Morgan fingerprint density at radius 1 is 1.32 bits per heavy atom. The monoisotopic (exact) mass is 342 g/mol. The van der Waals surface area contributed by atoms with Gasteiger partial charge in [0.05, 0.1) is 0 Å². The van der Waals surface area contributed by atoms with Gasteiger partial charge < -0.3 is 14.7 Å². The molecule has 1 saturated heterocycles. The molecule has 1 aliphatic heterocycles. The van der Waals surface area contributed by atoms with E-state index in [1.165, 1.54) is 0 Å². The van der Waals surface area contributed by atoms with Crippen LogP contribution >= 0.6 is 0 Å². The summed E-state index contributed by atoms with van der Waals surface area (Å²) in [6.07, 6.45) is 5.75. The van der Waals surface area contributed by atoms with Crippen LogP contribution in [0.3, 0.4) is 0 Å². The lowest BCUT2D eigenvalue weighted by Gasteiger charge is -2.23. The van der Waals surface area contributed by atoms with Crippen LogP contribution in [0.15, 0.2) is 16.8 Å². The van der Waals surface area contributed by atoms with Gasteiger partial charge in [0, 0.05) is 24.7 Å². The highest BCUT2D eigenvalue weighted by atomic mass is 16.5. The van der Waals surface area contributed by atoms with Crippen molar-refractivity contribution in [2.75, 3.05) is 11.4 Å². The van der Waals surface area contributed by atoms with Crippen molar-refractivity contribution in [2.45, 2.75) is 57.5 Å². The van der Waals surface area contributed by atoms with Crippen molar-refractivity contribution >= 4 is 11.7 Å². The number of hydrogen-bond acceptors (Lipinski definition) is 7. The third-order valence-electron chi connectivity index (χ3n) is 4.57. The van der Waals surface area contributed by atoms with Crippen LogP contribution in [-0.4, -0.2) is 38.6 Å². The first kappa shape index (κ1) is 16.0. The molecular formula is C17H22N6O2. The van der Waals surface area contributed by atoms with Crippen LogP contribution in [0.25, 0.3) is 0 Å². The molecule has 1 N–H and O–H groups in total. The number of aromatic nitrogens is 4. The molecule has 1 atom stereocenters. The molecule has 0 radical (unpaired) electrons. The first-order chi connectivity index (χ1) is 12.1. The molecule has 3 heterocycles. The van der Waals surface area contributed by atoms with Crippen molar-refractivity contribution in [2.24, 2.45) is 0 Å². The molecule has 8 nitrogen and oxygen atoms in total. The largest absolute Gasteiger partial charge is 0.346 e. The Hall–Kier alpha value is -2.51. The predicted molar refractivity (Wildman–Crippen MR) is 90.2 cm³/mol. The molecule has 25 heavy (non-hydrogen) atoms. The van der Waals surface area contributed by atoms with E-state index in [-0.39, 0.29) is 29.7 Å². The molecule has 1 unspecified atom stereocenters. The van der Waals surface area contributed by atoms with E-state index in [0.717, 1.165) is 43.9 Å². The maximum absolute atomic E-state index is 12.1. The van der Waals surface area contributed by atoms with E-state index in [1.807, 2.05) is 6.07 Å². The third-order valence-corrected chi connectivity index (χ3v) is 4.57. The number of nitrogens with one attached hydrogen (secondary N) is 1. The summed E-state index contributed by atoms with van der Waals surface area (Å²) in [6, 6.07) is 2.12. The van der Waals surface area contributed by atoms with Gasteiger partial charge in [-0.05, 0) is 31.7 Å². The molecule has 1 aliphatic carbocycles. The van der Waals surface area contributed by atoms with Crippen molar-refractivity contribution in [1.29, 1.82) is 0 Å². The maximum Gasteiger partial charge on any atom is 0.292 e. The van der Waals surface area contributed by atoms with E-state index < -0.39 is 0 Å². The summed E-state index contributed by atoms with van der Waals surface area (Å²) in [7, 11) is 0. The molecule has 132 valence electrons. The van der Waals surface area contributed by atoms with Crippen LogP contribution < -0.4 is 10.2 Å². The van der Waals surface area contributed by atoms with E-state index in [1.54, 1.807) is 6.20 Å². The van der Waals surface area contributed by atoms with Crippen molar-refractivity contribution < 1.29 is 9.32 Å². The minimum Gasteiger partial charge on any atom is -0.346 e. The Kier molecular flexibility index (Phi) is 4.10. The SMILES string of the molecule is CC(C)c1nccc(N2CCCC2c2nc(C(=O)NC3CC3)no2)n1. The molecule has 4 rings (SSSR count). The summed E-state index contributed by atoms with van der Waals surface area (Å²) in [4.78, 5) is 27.5. The zero-order valence-electron chi connectivity index (χ0n) is 14.5. The Morgan fingerprint density at radius 2 is 2.16 bits per heavy atom. The fourth-order valence-electron chi connectivity index (χ4n) is 3.04. The molecule has 8 heteroatoms. The van der Waals surface area contributed by atoms with Crippen molar-refractivity contribution in [3.05, 3.63) is 29.8 Å². The van der Waals surface area contributed by atoms with Crippen LogP contribution in [0, 0.1) is 0 Å². The number of carbonyl (C=O) groups is 1. The fraction of sp³-hybridized carbons (Fsp3) is 0.588. The third kappa shape index (κ3) is 3.33. The topological polar surface area (TPSA) is 97.0 Å². The minimum atomic E-state index is -0.258. The molecule has 1 saturated carbocycles. The van der Waals surface area contributed by atoms with Gasteiger partial charge in [-0.25, -0.2) is 9.97 Å². The number of anilines is 1. The number of rotatable bonds is 5. The first-order valence-corrected chi connectivity index (χ1v) is 8.86. The number of carbonyl (C=O) groups excluding carboxylic acids is 1. The second kappa shape index (κ2) is 6.42. The van der Waals surface area contributed by atoms with Crippen LogP contribution in [-0.2, 0) is 0 Å². The van der Waals surface area contributed by atoms with Gasteiger partial charge in [0.25, 0.3) is 11.7 Å². The smallest absolute Gasteiger partial charge is 0.292 e. The van der Waals surface area contributed by atoms with E-state index in [4.69, 9.17) is 4.52 Å². The van der Waals surface area contributed by atoms with Gasteiger partial charge >= 0.3 is 0 Å². The predicted octanol–water partition coefficient (Wildman–Crippen LogP) is 2.22. The highest BCUT2D eigenvalue weighted by Crippen LogP contribution is 2.34. The van der Waals surface area contributed by atoms with Crippen molar-refractivity contribution in [3.8, 4) is 0 Å². The Morgan fingerprint density at radius 3 is 2.92 bits per heavy atom. The Labute approximate surface area is 146 Å². The van der Waals surface area contributed by atoms with Crippen LogP contribution in [0.1, 0.15) is 73.8 Å². The normalized spacial score (nSPS) is 20.3. The van der Waals surface area contributed by atoms with E-state index in [9.17, 15) is 4.79 Å². The fourth-order valence-corrected chi connectivity index (χ4v) is 3.04. The lowest BCUT2D eigenvalue weighted by molar-refractivity contribution is 0.0937. The summed E-state index contributed by atoms with van der Waals surface area (Å²) in [5.74, 6) is 2.28. The molecule has 0 bridgehead atoms. The molecular weight excluding hydrogens is 320 g/mol. The second-order valence-corrected chi connectivity index (χ2v) is 6.98. The van der Waals surface area contributed by atoms with Crippen molar-refractivity contribution in [1.82, 2.24) is 25.4 Å². The average Bonchev–Trinajstić information content (AvgIpc) is 3.12. The highest BCUT2D eigenvalue weighted by molar-refractivity contribution is 5.90. The maximum atomic E-state index is 12.1. The van der Waals surface area contributed by atoms with Gasteiger partial charge in [-0.15, -0.1) is 0 Å². The van der Waals surface area contributed by atoms with Gasteiger partial charge in [0.2, 0.25) is 5.89 Å². The summed E-state index contributed by atoms with van der Waals surface area (Å²) >= 11 is 0. The highest BCUT2D eigenvalue weighted by Gasteiger charge is 2.33. The quantitative estimate of drug-likeness (QED) is 0.889. The zero-order chi connectivity index (χ0) is 17.4. The van der Waals surface area contributed by atoms with Gasteiger partial charge in [-0.1, -0.05) is 19.0 Å². The van der Waals surface area contributed by atoms with E-state index >= 15 is 0 Å². The second-order valence-electron chi connectivity index (χ2n) is 6.98. The average molecular weight is 342 g/mol. The van der Waals surface area contributed by atoms with Gasteiger partial charge in [0.1, 0.15) is 17.7 Å². The zero-order valence-corrected chi connectivity index (χ0v) is 14.5. The lowest BCUT2D eigenvalue weighted by Crippen LogP contribution is -2.27. The lowest BCUT2D eigenvalue weighted by atomic mass is 10.2. The van der Waals surface area contributed by atoms with E-state index in [0.29, 0.717) is 5.89 Å². The van der Waals surface area contributed by atoms with Gasteiger partial charge in [-0.2, -0.15) is 4.98 Å². The summed E-state index contributed by atoms with van der Waals surface area (Å²) < 4.78 is 5.39. The minimum absolute atomic E-state index is 0.0510. The Bertz CT molecular complexity index is 770. The van der Waals surface area contributed by atoms with Crippen LogP contribution in [0.5, 0.6) is 0 Å². The molecule has 2 aromatic heterocycles. The number of nitrogens with zero attached hydrogens (tertiary/aromatic N) is 5. The van der Waals surface area contributed by atoms with E-state index in [2.05, 4.69) is 44.2 Å². The summed E-state index contributed by atoms with van der Waals surface area (Å²) in [5.41, 5.74) is 0. The standard InChI is InChI=1S/C17H22N6O2/c1-10(2)14-18-8-7-13(20-14)23-9-3-4-12(23)17-21-15(22-25-17)16(24)19-11-5-6-11/h7-8,10-12H,3-6,9H2,1-2H3,(H,19,24). The Balaban J connectivity index is 1.54. The number of hydrogen-bond donors (Lipinski definition) is 1. The molecule has 1 amide bonds. The van der Waals surface area contributed by atoms with Gasteiger partial charge in [-0.3, -0.25) is 4.79 Å².